The maximum absolute atomic E-state index is 12.0. The first-order valence-corrected chi connectivity index (χ1v) is 10.3. The second-order valence-electron chi connectivity index (χ2n) is 6.41. The molecule has 0 saturated heterocycles. The first kappa shape index (κ1) is 22.5. The lowest BCUT2D eigenvalue weighted by atomic mass is 10.2. The molecule has 9 heteroatoms. The molecule has 3 rings (SSSR count). The second kappa shape index (κ2) is 9.75. The Hall–Kier alpha value is -2.18. The number of aromatic nitrogens is 1. The molecule has 0 bridgehead atoms. The summed E-state index contributed by atoms with van der Waals surface area (Å²) >= 11 is 24.2. The second-order valence-corrected chi connectivity index (χ2v) is 8.10. The van der Waals surface area contributed by atoms with E-state index in [4.69, 9.17) is 51.1 Å². The summed E-state index contributed by atoms with van der Waals surface area (Å²) < 4.78 is 7.37. The molecule has 0 aliphatic carbocycles. The molecule has 0 aliphatic heterocycles. The van der Waals surface area contributed by atoms with Crippen molar-refractivity contribution in [1.29, 1.82) is 0 Å². The Balaban J connectivity index is 1.66. The van der Waals surface area contributed by atoms with Crippen molar-refractivity contribution in [1.82, 2.24) is 9.99 Å². The molecule has 1 heterocycles. The third-order valence-corrected chi connectivity index (χ3v) is 5.33. The fraction of sp³-hybridized carbons (Fsp3) is 0.143. The number of hydrogen-bond acceptors (Lipinski definition) is 3. The monoisotopic (exact) mass is 483 g/mol. The topological polar surface area (TPSA) is 55.6 Å². The van der Waals surface area contributed by atoms with Gasteiger partial charge in [-0.2, -0.15) is 5.10 Å². The molecule has 0 unspecified atom stereocenters. The van der Waals surface area contributed by atoms with Crippen molar-refractivity contribution in [3.05, 3.63) is 79.5 Å². The Morgan fingerprint density at radius 3 is 2.37 bits per heavy atom. The van der Waals surface area contributed by atoms with Crippen LogP contribution in [0.2, 0.25) is 20.1 Å². The minimum atomic E-state index is -0.424. The van der Waals surface area contributed by atoms with E-state index in [1.165, 1.54) is 6.07 Å². The van der Waals surface area contributed by atoms with E-state index in [1.807, 2.05) is 30.5 Å². The Kier molecular flexibility index (Phi) is 7.32. The molecule has 156 valence electrons. The molecule has 0 spiro atoms. The highest BCUT2D eigenvalue weighted by Crippen LogP contribution is 2.29. The van der Waals surface area contributed by atoms with Gasteiger partial charge in [0.05, 0.1) is 21.9 Å². The summed E-state index contributed by atoms with van der Waals surface area (Å²) in [5.41, 5.74) is 5.96. The van der Waals surface area contributed by atoms with E-state index in [2.05, 4.69) is 10.5 Å². The summed E-state index contributed by atoms with van der Waals surface area (Å²) in [4.78, 5) is 12.0. The number of rotatable bonds is 6. The number of amides is 1. The molecule has 0 aliphatic rings. The average Bonchev–Trinajstić information content (AvgIpc) is 2.95. The van der Waals surface area contributed by atoms with Crippen LogP contribution in [-0.2, 0) is 4.79 Å². The Labute approximate surface area is 194 Å². The predicted octanol–water partition coefficient (Wildman–Crippen LogP) is 6.24. The van der Waals surface area contributed by atoms with Crippen LogP contribution in [0.5, 0.6) is 5.75 Å². The SMILES string of the molecule is Cc1cc(/C=N\NC(=O)COc2ccc(Cl)cc2Cl)c(C)n1-c1ccc(Cl)cc1Cl. The molecule has 1 amide bonds. The van der Waals surface area contributed by atoms with Crippen LogP contribution in [0.15, 0.2) is 47.6 Å². The van der Waals surface area contributed by atoms with Crippen LogP contribution in [0.1, 0.15) is 17.0 Å². The zero-order chi connectivity index (χ0) is 21.8. The van der Waals surface area contributed by atoms with E-state index in [0.717, 1.165) is 22.6 Å². The van der Waals surface area contributed by atoms with Crippen LogP contribution in [0.25, 0.3) is 5.69 Å². The Morgan fingerprint density at radius 2 is 1.70 bits per heavy atom. The molecule has 3 aromatic rings. The van der Waals surface area contributed by atoms with Gasteiger partial charge in [-0.25, -0.2) is 5.43 Å². The lowest BCUT2D eigenvalue weighted by Crippen LogP contribution is -2.24. The van der Waals surface area contributed by atoms with Gasteiger partial charge in [-0.15, -0.1) is 0 Å². The predicted molar refractivity (Wildman–Crippen MR) is 123 cm³/mol. The Bertz CT molecular complexity index is 1130. The van der Waals surface area contributed by atoms with E-state index in [1.54, 1.807) is 30.5 Å². The number of halogens is 4. The van der Waals surface area contributed by atoms with E-state index in [0.29, 0.717) is 25.8 Å². The lowest BCUT2D eigenvalue weighted by molar-refractivity contribution is -0.123. The summed E-state index contributed by atoms with van der Waals surface area (Å²) in [5.74, 6) is -0.0598. The van der Waals surface area contributed by atoms with Crippen LogP contribution in [0, 0.1) is 13.8 Å². The lowest BCUT2D eigenvalue weighted by Gasteiger charge is -2.11. The first-order chi connectivity index (χ1) is 14.3. The highest BCUT2D eigenvalue weighted by atomic mass is 35.5. The van der Waals surface area contributed by atoms with E-state index >= 15 is 0 Å². The van der Waals surface area contributed by atoms with Crippen molar-refractivity contribution >= 4 is 58.5 Å². The third-order valence-electron chi connectivity index (χ3n) is 4.27. The minimum Gasteiger partial charge on any atom is -0.482 e. The quantitative estimate of drug-likeness (QED) is 0.332. The number of nitrogens with one attached hydrogen (secondary N) is 1. The summed E-state index contributed by atoms with van der Waals surface area (Å²) in [7, 11) is 0. The molecule has 0 fully saturated rings. The molecule has 0 saturated carbocycles. The van der Waals surface area contributed by atoms with E-state index in [9.17, 15) is 4.79 Å². The van der Waals surface area contributed by atoms with Crippen LogP contribution in [0.4, 0.5) is 0 Å². The molecular weight excluding hydrogens is 468 g/mol. The van der Waals surface area contributed by atoms with Crippen LogP contribution < -0.4 is 10.2 Å². The number of carbonyl (C=O) groups excluding carboxylic acids is 1. The molecule has 0 radical (unpaired) electrons. The van der Waals surface area contributed by atoms with Crippen molar-refractivity contribution in [2.75, 3.05) is 6.61 Å². The van der Waals surface area contributed by atoms with Crippen molar-refractivity contribution in [3.63, 3.8) is 0 Å². The smallest absolute Gasteiger partial charge is 0.277 e. The molecule has 30 heavy (non-hydrogen) atoms. The van der Waals surface area contributed by atoms with Gasteiger partial charge in [0, 0.05) is 27.0 Å². The third kappa shape index (κ3) is 5.29. The van der Waals surface area contributed by atoms with Gasteiger partial charge in [0.25, 0.3) is 5.91 Å². The van der Waals surface area contributed by atoms with Gasteiger partial charge in [-0.1, -0.05) is 46.4 Å². The van der Waals surface area contributed by atoms with Gasteiger partial charge in [0.1, 0.15) is 5.75 Å². The maximum Gasteiger partial charge on any atom is 0.277 e. The van der Waals surface area contributed by atoms with Crippen molar-refractivity contribution in [2.24, 2.45) is 5.10 Å². The van der Waals surface area contributed by atoms with Crippen molar-refractivity contribution in [2.45, 2.75) is 13.8 Å². The fourth-order valence-corrected chi connectivity index (χ4v) is 3.85. The van der Waals surface area contributed by atoms with Gasteiger partial charge >= 0.3 is 0 Å². The number of hydrogen-bond donors (Lipinski definition) is 1. The normalized spacial score (nSPS) is 11.1. The molecular formula is C21H17Cl4N3O2. The molecule has 1 aromatic heterocycles. The zero-order valence-corrected chi connectivity index (χ0v) is 19.1. The molecule has 1 N–H and O–H groups in total. The standard InChI is InChI=1S/C21H17Cl4N3O2/c1-12-7-14(13(2)28(12)19-5-3-15(22)8-17(19)24)10-26-27-21(29)11-30-20-6-4-16(23)9-18(20)25/h3-10H,11H2,1-2H3,(H,27,29)/b26-10-. The van der Waals surface area contributed by atoms with Gasteiger partial charge in [0.15, 0.2) is 6.61 Å². The summed E-state index contributed by atoms with van der Waals surface area (Å²) in [6.45, 7) is 3.66. The van der Waals surface area contributed by atoms with Crippen molar-refractivity contribution in [3.8, 4) is 11.4 Å². The van der Waals surface area contributed by atoms with Crippen LogP contribution in [-0.4, -0.2) is 23.3 Å². The van der Waals surface area contributed by atoms with E-state index in [-0.39, 0.29) is 6.61 Å². The minimum absolute atomic E-state index is 0.238. The zero-order valence-electron chi connectivity index (χ0n) is 16.0. The van der Waals surface area contributed by atoms with Crippen molar-refractivity contribution < 1.29 is 9.53 Å². The van der Waals surface area contributed by atoms with E-state index < -0.39 is 5.91 Å². The number of ether oxygens (including phenoxy) is 1. The number of hydrazone groups is 1. The van der Waals surface area contributed by atoms with Crippen LogP contribution >= 0.6 is 46.4 Å². The number of nitrogens with zero attached hydrogens (tertiary/aromatic N) is 2. The maximum atomic E-state index is 12.0. The average molecular weight is 485 g/mol. The summed E-state index contributed by atoms with van der Waals surface area (Å²) in [6.07, 6.45) is 1.57. The number of benzene rings is 2. The van der Waals surface area contributed by atoms with Gasteiger partial charge in [-0.05, 0) is 56.3 Å². The summed E-state index contributed by atoms with van der Waals surface area (Å²) in [5, 5.41) is 5.93. The number of aryl methyl sites for hydroxylation is 1. The van der Waals surface area contributed by atoms with Gasteiger partial charge < -0.3 is 9.30 Å². The fourth-order valence-electron chi connectivity index (χ4n) is 2.89. The number of carbonyl (C=O) groups is 1. The van der Waals surface area contributed by atoms with Gasteiger partial charge in [0.2, 0.25) is 0 Å². The molecule has 0 atom stereocenters. The largest absolute Gasteiger partial charge is 0.482 e. The van der Waals surface area contributed by atoms with Gasteiger partial charge in [-0.3, -0.25) is 4.79 Å². The molecule has 2 aromatic carbocycles. The first-order valence-electron chi connectivity index (χ1n) is 8.80. The Morgan fingerprint density at radius 1 is 1.03 bits per heavy atom. The van der Waals surface area contributed by atoms with Crippen LogP contribution in [0.3, 0.4) is 0 Å². The molecule has 5 nitrogen and oxygen atoms in total. The highest BCUT2D eigenvalue weighted by molar-refractivity contribution is 6.36. The highest BCUT2D eigenvalue weighted by Gasteiger charge is 2.12. The summed E-state index contributed by atoms with van der Waals surface area (Å²) in [6, 6.07) is 12.0.